The van der Waals surface area contributed by atoms with E-state index in [1.54, 1.807) is 0 Å². The lowest BCUT2D eigenvalue weighted by atomic mass is 9.90. The number of ether oxygens (including phenoxy) is 2. The number of aromatic amines is 2. The molecule has 4 aromatic carbocycles. The molecule has 0 bridgehead atoms. The number of carbonyl (C=O) groups excluding carboxylic acids is 1. The molecule has 8 heteroatoms. The number of piperidine rings is 1. The van der Waals surface area contributed by atoms with Gasteiger partial charge in [0.1, 0.15) is 24.7 Å². The number of aromatic nitrogens is 2. The van der Waals surface area contributed by atoms with Crippen molar-refractivity contribution in [2.24, 2.45) is 5.92 Å². The van der Waals surface area contributed by atoms with Crippen LogP contribution in [0.2, 0.25) is 5.02 Å². The Hall–Kier alpha value is -4.04. The number of carbonyl (C=O) groups is 1. The van der Waals surface area contributed by atoms with Crippen molar-refractivity contribution in [2.45, 2.75) is 53.2 Å². The molecule has 3 heterocycles. The van der Waals surface area contributed by atoms with Crippen LogP contribution < -0.4 is 14.8 Å². The van der Waals surface area contributed by atoms with Gasteiger partial charge in [0.05, 0.1) is 11.4 Å². The largest absolute Gasteiger partial charge is 0.487 e. The number of rotatable bonds is 10. The molecule has 1 saturated heterocycles. The quantitative estimate of drug-likeness (QED) is 0.123. The Labute approximate surface area is 296 Å². The van der Waals surface area contributed by atoms with Gasteiger partial charge in [-0.05, 0) is 110 Å². The fourth-order valence-electron chi connectivity index (χ4n) is 5.99. The number of hydrogen-bond donors (Lipinski definition) is 3. The van der Waals surface area contributed by atoms with Crippen molar-refractivity contribution in [3.63, 3.8) is 0 Å². The molecule has 0 amide bonds. The summed E-state index contributed by atoms with van der Waals surface area (Å²) < 4.78 is 12.8. The minimum Gasteiger partial charge on any atom is -0.487 e. The lowest BCUT2D eigenvalue weighted by molar-refractivity contribution is 0.0970. The molecule has 48 heavy (non-hydrogen) atoms. The van der Waals surface area contributed by atoms with E-state index in [9.17, 15) is 4.79 Å². The van der Waals surface area contributed by atoms with E-state index in [1.165, 1.54) is 18.4 Å². The van der Waals surface area contributed by atoms with Gasteiger partial charge < -0.3 is 24.8 Å². The maximum atomic E-state index is 13.1. The molecule has 6 aromatic rings. The number of fused-ring (bicyclic) bond motifs is 2. The number of H-pyrrole nitrogens is 2. The Morgan fingerprint density at radius 1 is 0.771 bits per heavy atom. The molecule has 0 radical (unpaired) electrons. The minimum absolute atomic E-state index is 0. The maximum absolute atomic E-state index is 13.1. The van der Waals surface area contributed by atoms with Gasteiger partial charge in [-0.1, -0.05) is 73.1 Å². The number of halogens is 2. The highest BCUT2D eigenvalue weighted by Crippen LogP contribution is 2.29. The lowest BCUT2D eigenvalue weighted by Crippen LogP contribution is -2.28. The number of hydrogen-bond acceptors (Lipinski definition) is 4. The molecule has 0 unspecified atom stereocenters. The summed E-state index contributed by atoms with van der Waals surface area (Å²) in [4.78, 5) is 19.9. The van der Waals surface area contributed by atoms with Crippen LogP contribution in [0.25, 0.3) is 21.8 Å². The van der Waals surface area contributed by atoms with Crippen molar-refractivity contribution >= 4 is 55.1 Å². The first kappa shape index (κ1) is 35.3. The zero-order chi connectivity index (χ0) is 32.6. The highest BCUT2D eigenvalue weighted by molar-refractivity contribution is 9.10. The summed E-state index contributed by atoms with van der Waals surface area (Å²) in [5.41, 5.74) is 6.00. The highest BCUT2D eigenvalue weighted by atomic mass is 79.9. The third kappa shape index (κ3) is 8.90. The zero-order valence-corrected chi connectivity index (χ0v) is 28.8. The molecule has 250 valence electrons. The van der Waals surface area contributed by atoms with Crippen molar-refractivity contribution in [3.05, 3.63) is 129 Å². The molecule has 6 nitrogen and oxygen atoms in total. The van der Waals surface area contributed by atoms with Crippen molar-refractivity contribution in [1.82, 2.24) is 15.3 Å². The Morgan fingerprint density at radius 3 is 1.96 bits per heavy atom. The van der Waals surface area contributed by atoms with Gasteiger partial charge in [0.15, 0.2) is 5.78 Å². The number of Topliss-reactive ketones (excluding diaryl/α,β-unsaturated/α-hetero) is 1. The van der Waals surface area contributed by atoms with Crippen molar-refractivity contribution < 1.29 is 14.3 Å². The van der Waals surface area contributed by atoms with Crippen LogP contribution in [0.3, 0.4) is 0 Å². The monoisotopic (exact) mass is 727 g/mol. The number of benzene rings is 4. The first-order valence-corrected chi connectivity index (χ1v) is 17.3. The Morgan fingerprint density at radius 2 is 1.31 bits per heavy atom. The molecule has 0 saturated carbocycles. The van der Waals surface area contributed by atoms with Gasteiger partial charge in [-0.3, -0.25) is 4.79 Å². The summed E-state index contributed by atoms with van der Waals surface area (Å²) in [6.07, 6.45) is 3.91. The fraction of sp³-hybridized carbons (Fsp3) is 0.275. The van der Waals surface area contributed by atoms with Gasteiger partial charge >= 0.3 is 0 Å². The molecule has 7 rings (SSSR count). The van der Waals surface area contributed by atoms with Crippen LogP contribution in [0.5, 0.6) is 11.5 Å². The summed E-state index contributed by atoms with van der Waals surface area (Å²) >= 11 is 9.44. The van der Waals surface area contributed by atoms with Gasteiger partial charge in [-0.15, -0.1) is 0 Å². The Bertz CT molecular complexity index is 1930. The Kier molecular flexibility index (Phi) is 12.4. The second-order valence-electron chi connectivity index (χ2n) is 12.0. The summed E-state index contributed by atoms with van der Waals surface area (Å²) in [6, 6.07) is 31.5. The number of nitrogens with one attached hydrogen (secondary N) is 3. The van der Waals surface area contributed by atoms with E-state index in [4.69, 9.17) is 21.1 Å². The summed E-state index contributed by atoms with van der Waals surface area (Å²) in [5, 5.41) is 6.26. The van der Waals surface area contributed by atoms with Crippen molar-refractivity contribution in [2.75, 3.05) is 13.1 Å². The van der Waals surface area contributed by atoms with E-state index in [2.05, 4.69) is 44.2 Å². The summed E-state index contributed by atoms with van der Waals surface area (Å²) in [5.74, 6) is 2.49. The van der Waals surface area contributed by atoms with Crippen LogP contribution in [0.15, 0.2) is 102 Å². The highest BCUT2D eigenvalue weighted by Gasteiger charge is 2.21. The normalized spacial score (nSPS) is 13.1. The van der Waals surface area contributed by atoms with E-state index < -0.39 is 0 Å². The average molecular weight is 729 g/mol. The van der Waals surface area contributed by atoms with Crippen molar-refractivity contribution in [3.8, 4) is 11.5 Å². The first-order chi connectivity index (χ1) is 22.9. The van der Waals surface area contributed by atoms with Crippen molar-refractivity contribution in [1.29, 1.82) is 0 Å². The van der Waals surface area contributed by atoms with Crippen LogP contribution in [0, 0.1) is 12.8 Å². The standard InChI is InChI=1S/C24H28N2O2.C15H11BrClNO.CH4/c1-17-6-9-19(10-7-17)28-16-22-24(20-4-2-3-5-21(20)26-22)23(27)11-8-18-12-14-25-15-13-18;16-15-12-3-1-2-4-13(12)18-14(15)9-19-11-7-5-10(17)6-8-11;/h2-7,9-10,18,25-26H,8,11-16H2,1H3;1-8,18H,9H2;1H4. The minimum atomic E-state index is 0. The SMILES string of the molecule is C.Cc1ccc(OCc2[nH]c3ccccc3c2C(=O)CCC2CCNCC2)cc1.Clc1ccc(OCc2[nH]c3ccccc3c2Br)cc1. The van der Waals surface area contributed by atoms with E-state index in [1.807, 2.05) is 91.0 Å². The third-order valence-corrected chi connectivity index (χ3v) is 9.77. The number of ketones is 1. The molecule has 0 spiro atoms. The van der Waals surface area contributed by atoms with E-state index >= 15 is 0 Å². The predicted molar refractivity (Wildman–Crippen MR) is 201 cm³/mol. The zero-order valence-electron chi connectivity index (χ0n) is 26.5. The molecular weight excluding hydrogens is 686 g/mol. The number of aryl methyl sites for hydroxylation is 1. The molecule has 0 atom stereocenters. The van der Waals surface area contributed by atoms with Gasteiger partial charge in [0.25, 0.3) is 0 Å². The molecule has 2 aromatic heterocycles. The first-order valence-electron chi connectivity index (χ1n) is 16.1. The van der Waals surface area contributed by atoms with Crippen LogP contribution in [-0.2, 0) is 13.2 Å². The second-order valence-corrected chi connectivity index (χ2v) is 13.2. The molecule has 3 N–H and O–H groups in total. The molecule has 1 fully saturated rings. The third-order valence-electron chi connectivity index (χ3n) is 8.62. The van der Waals surface area contributed by atoms with Gasteiger partial charge in [-0.25, -0.2) is 0 Å². The average Bonchev–Trinajstić information content (AvgIpc) is 3.64. The lowest BCUT2D eigenvalue weighted by Gasteiger charge is -2.22. The number of para-hydroxylation sites is 2. The van der Waals surface area contributed by atoms with Gasteiger partial charge in [0.2, 0.25) is 0 Å². The van der Waals surface area contributed by atoms with E-state index in [0.29, 0.717) is 30.6 Å². The van der Waals surface area contributed by atoms with Gasteiger partial charge in [0, 0.05) is 43.3 Å². The topological polar surface area (TPSA) is 79.1 Å². The predicted octanol–water partition coefficient (Wildman–Crippen LogP) is 10.8. The van der Waals surface area contributed by atoms with E-state index in [0.717, 1.165) is 74.2 Å². The fourth-order valence-corrected chi connectivity index (χ4v) is 6.68. The van der Waals surface area contributed by atoms with Crippen LogP contribution in [0.4, 0.5) is 0 Å². The van der Waals surface area contributed by atoms with Crippen LogP contribution in [-0.4, -0.2) is 28.8 Å². The second kappa shape index (κ2) is 16.9. The molecule has 1 aliphatic rings. The summed E-state index contributed by atoms with van der Waals surface area (Å²) in [7, 11) is 0. The molecule has 1 aliphatic heterocycles. The van der Waals surface area contributed by atoms with E-state index in [-0.39, 0.29) is 13.2 Å². The smallest absolute Gasteiger partial charge is 0.165 e. The maximum Gasteiger partial charge on any atom is 0.165 e. The molecule has 0 aliphatic carbocycles. The molecular formula is C40H43BrClN3O3. The Balaban J connectivity index is 0.000000197. The van der Waals surface area contributed by atoms with Gasteiger partial charge in [-0.2, -0.15) is 0 Å². The van der Waals surface area contributed by atoms with Crippen LogP contribution >= 0.6 is 27.5 Å². The summed E-state index contributed by atoms with van der Waals surface area (Å²) in [6.45, 7) is 5.05. The van der Waals surface area contributed by atoms with Crippen LogP contribution in [0.1, 0.15) is 60.4 Å².